The molecular formula is C12H12FNO4. The number of nitro benzene ring substituents is 1. The highest BCUT2D eigenvalue weighted by Gasteiger charge is 2.22. The minimum atomic E-state index is -0.961. The maximum atomic E-state index is 13.1. The van der Waals surface area contributed by atoms with Crippen LogP contribution in [0.5, 0.6) is 0 Å². The summed E-state index contributed by atoms with van der Waals surface area (Å²) in [5.74, 6) is -1.59. The summed E-state index contributed by atoms with van der Waals surface area (Å²) in [6, 6.07) is 3.01. The van der Waals surface area contributed by atoms with Crippen LogP contribution in [0.1, 0.15) is 36.0 Å². The second-order valence-electron chi connectivity index (χ2n) is 4.24. The Kier molecular flexibility index (Phi) is 3.55. The highest BCUT2D eigenvalue weighted by Crippen LogP contribution is 2.24. The summed E-state index contributed by atoms with van der Waals surface area (Å²) < 4.78 is 18.3. The van der Waals surface area contributed by atoms with Crippen LogP contribution in [0.4, 0.5) is 10.1 Å². The fraction of sp³-hybridized carbons (Fsp3) is 0.417. The van der Waals surface area contributed by atoms with Crippen molar-refractivity contribution in [2.24, 2.45) is 0 Å². The Morgan fingerprint density at radius 3 is 2.67 bits per heavy atom. The van der Waals surface area contributed by atoms with Crippen molar-refractivity contribution in [2.75, 3.05) is 0 Å². The topological polar surface area (TPSA) is 69.4 Å². The van der Waals surface area contributed by atoms with Crippen molar-refractivity contribution in [3.8, 4) is 0 Å². The lowest BCUT2D eigenvalue weighted by atomic mass is 10.2. The van der Waals surface area contributed by atoms with Crippen LogP contribution in [-0.4, -0.2) is 17.0 Å². The first-order valence-corrected chi connectivity index (χ1v) is 5.73. The number of hydrogen-bond acceptors (Lipinski definition) is 4. The summed E-state index contributed by atoms with van der Waals surface area (Å²) in [5, 5.41) is 10.6. The Hall–Kier alpha value is -1.98. The number of esters is 1. The largest absolute Gasteiger partial charge is 0.459 e. The van der Waals surface area contributed by atoms with Gasteiger partial charge in [0.1, 0.15) is 6.10 Å². The summed E-state index contributed by atoms with van der Waals surface area (Å²) in [4.78, 5) is 21.4. The molecule has 0 amide bonds. The Morgan fingerprint density at radius 2 is 2.06 bits per heavy atom. The highest BCUT2D eigenvalue weighted by atomic mass is 19.1. The number of ether oxygens (including phenoxy) is 1. The molecule has 0 heterocycles. The average Bonchev–Trinajstić information content (AvgIpc) is 2.81. The first kappa shape index (κ1) is 12.5. The number of nitro groups is 1. The van der Waals surface area contributed by atoms with E-state index in [2.05, 4.69) is 0 Å². The zero-order valence-corrected chi connectivity index (χ0v) is 9.60. The average molecular weight is 253 g/mol. The van der Waals surface area contributed by atoms with E-state index in [1.807, 2.05) is 0 Å². The van der Waals surface area contributed by atoms with Crippen LogP contribution in [-0.2, 0) is 4.74 Å². The standard InChI is InChI=1S/C12H12FNO4/c13-10-6-5-8(7-11(10)14(16)17)12(15)18-9-3-1-2-4-9/h5-7,9H,1-4H2. The molecule has 1 aromatic carbocycles. The number of hydrogen-bond donors (Lipinski definition) is 0. The molecule has 0 atom stereocenters. The van der Waals surface area contributed by atoms with E-state index in [9.17, 15) is 19.3 Å². The van der Waals surface area contributed by atoms with Crippen molar-refractivity contribution in [1.29, 1.82) is 0 Å². The van der Waals surface area contributed by atoms with Gasteiger partial charge in [-0.05, 0) is 37.8 Å². The number of nitrogens with zero attached hydrogens (tertiary/aromatic N) is 1. The van der Waals surface area contributed by atoms with E-state index in [-0.39, 0.29) is 11.7 Å². The molecule has 0 aliphatic heterocycles. The molecule has 2 rings (SSSR count). The van der Waals surface area contributed by atoms with Crippen LogP contribution in [0.3, 0.4) is 0 Å². The number of carbonyl (C=O) groups is 1. The molecule has 1 aliphatic rings. The predicted molar refractivity (Wildman–Crippen MR) is 60.7 cm³/mol. The van der Waals surface area contributed by atoms with Crippen molar-refractivity contribution in [3.05, 3.63) is 39.7 Å². The molecule has 6 heteroatoms. The lowest BCUT2D eigenvalue weighted by Gasteiger charge is -2.10. The third kappa shape index (κ3) is 2.64. The Morgan fingerprint density at radius 1 is 1.39 bits per heavy atom. The molecule has 1 saturated carbocycles. The van der Waals surface area contributed by atoms with Crippen LogP contribution in [0.15, 0.2) is 18.2 Å². The monoisotopic (exact) mass is 253 g/mol. The van der Waals surface area contributed by atoms with Gasteiger partial charge in [-0.25, -0.2) is 4.79 Å². The number of benzene rings is 1. The van der Waals surface area contributed by atoms with Gasteiger partial charge in [0, 0.05) is 6.07 Å². The van der Waals surface area contributed by atoms with Crippen LogP contribution in [0.2, 0.25) is 0 Å². The van der Waals surface area contributed by atoms with E-state index < -0.39 is 22.4 Å². The summed E-state index contributed by atoms with van der Waals surface area (Å²) in [6.07, 6.45) is 3.54. The van der Waals surface area contributed by atoms with Gasteiger partial charge in [-0.1, -0.05) is 0 Å². The fourth-order valence-electron chi connectivity index (χ4n) is 2.01. The van der Waals surface area contributed by atoms with Crippen LogP contribution in [0, 0.1) is 15.9 Å². The van der Waals surface area contributed by atoms with Crippen molar-refractivity contribution in [1.82, 2.24) is 0 Å². The lowest BCUT2D eigenvalue weighted by molar-refractivity contribution is -0.387. The van der Waals surface area contributed by atoms with Gasteiger partial charge in [-0.3, -0.25) is 10.1 Å². The van der Waals surface area contributed by atoms with Gasteiger partial charge in [0.15, 0.2) is 0 Å². The number of carbonyl (C=O) groups excluding carboxylic acids is 1. The molecule has 1 aromatic rings. The summed E-state index contributed by atoms with van der Waals surface area (Å²) >= 11 is 0. The normalized spacial score (nSPS) is 15.6. The van der Waals surface area contributed by atoms with Crippen molar-refractivity contribution in [3.63, 3.8) is 0 Å². The molecule has 1 fully saturated rings. The molecular weight excluding hydrogens is 241 g/mol. The Balaban J connectivity index is 2.14. The van der Waals surface area contributed by atoms with Gasteiger partial charge in [0.25, 0.3) is 0 Å². The van der Waals surface area contributed by atoms with E-state index >= 15 is 0 Å². The van der Waals surface area contributed by atoms with E-state index in [1.165, 1.54) is 6.07 Å². The third-order valence-electron chi connectivity index (χ3n) is 2.95. The quantitative estimate of drug-likeness (QED) is 0.472. The van der Waals surface area contributed by atoms with Crippen molar-refractivity contribution >= 4 is 11.7 Å². The highest BCUT2D eigenvalue weighted by molar-refractivity contribution is 5.90. The zero-order chi connectivity index (χ0) is 13.1. The van der Waals surface area contributed by atoms with Crippen molar-refractivity contribution in [2.45, 2.75) is 31.8 Å². The van der Waals surface area contributed by atoms with Gasteiger partial charge >= 0.3 is 11.7 Å². The minimum Gasteiger partial charge on any atom is -0.459 e. The SMILES string of the molecule is O=C(OC1CCCC1)c1ccc(F)c([N+](=O)[O-])c1. The third-order valence-corrected chi connectivity index (χ3v) is 2.95. The van der Waals surface area contributed by atoms with Crippen molar-refractivity contribution < 1.29 is 18.8 Å². The molecule has 0 spiro atoms. The molecule has 0 bridgehead atoms. The second-order valence-corrected chi connectivity index (χ2v) is 4.24. The second kappa shape index (κ2) is 5.12. The zero-order valence-electron chi connectivity index (χ0n) is 9.60. The number of rotatable bonds is 3. The van der Waals surface area contributed by atoms with Crippen LogP contribution >= 0.6 is 0 Å². The van der Waals surface area contributed by atoms with E-state index in [1.54, 1.807) is 0 Å². The van der Waals surface area contributed by atoms with Gasteiger partial charge in [0.2, 0.25) is 5.82 Å². The lowest BCUT2D eigenvalue weighted by Crippen LogP contribution is -2.15. The van der Waals surface area contributed by atoms with Crippen LogP contribution in [0.25, 0.3) is 0 Å². The van der Waals surface area contributed by atoms with Gasteiger partial charge < -0.3 is 4.74 Å². The first-order valence-electron chi connectivity index (χ1n) is 5.73. The molecule has 5 nitrogen and oxygen atoms in total. The maximum Gasteiger partial charge on any atom is 0.338 e. The molecule has 1 aliphatic carbocycles. The van der Waals surface area contributed by atoms with E-state index in [4.69, 9.17) is 4.74 Å². The van der Waals surface area contributed by atoms with Gasteiger partial charge in [-0.15, -0.1) is 0 Å². The fourth-order valence-corrected chi connectivity index (χ4v) is 2.01. The molecule has 0 radical (unpaired) electrons. The van der Waals surface area contributed by atoms with Gasteiger partial charge in [0.05, 0.1) is 10.5 Å². The Bertz CT molecular complexity index is 483. The minimum absolute atomic E-state index is 0.00926. The first-order chi connectivity index (χ1) is 8.58. The summed E-state index contributed by atoms with van der Waals surface area (Å²) in [7, 11) is 0. The molecule has 96 valence electrons. The van der Waals surface area contributed by atoms with Gasteiger partial charge in [-0.2, -0.15) is 4.39 Å². The molecule has 0 aromatic heterocycles. The molecule has 0 saturated heterocycles. The summed E-state index contributed by atoms with van der Waals surface area (Å²) in [6.45, 7) is 0. The molecule has 0 unspecified atom stereocenters. The Labute approximate surface area is 103 Å². The molecule has 0 N–H and O–H groups in total. The maximum absolute atomic E-state index is 13.1. The van der Waals surface area contributed by atoms with E-state index in [0.717, 1.165) is 37.8 Å². The van der Waals surface area contributed by atoms with E-state index in [0.29, 0.717) is 0 Å². The number of halogens is 1. The predicted octanol–water partition coefficient (Wildman–Crippen LogP) is 2.83. The smallest absolute Gasteiger partial charge is 0.338 e. The van der Waals surface area contributed by atoms with Crippen LogP contribution < -0.4 is 0 Å². The molecule has 18 heavy (non-hydrogen) atoms. The summed E-state index contributed by atoms with van der Waals surface area (Å²) in [5.41, 5.74) is -0.703.